The predicted molar refractivity (Wildman–Crippen MR) is 121 cm³/mol. The van der Waals surface area contributed by atoms with Crippen LogP contribution >= 0.6 is 24.0 Å². The molecule has 0 amide bonds. The van der Waals surface area contributed by atoms with Gasteiger partial charge in [-0.3, -0.25) is 4.31 Å². The van der Waals surface area contributed by atoms with E-state index in [0.29, 0.717) is 10.8 Å². The Bertz CT molecular complexity index is 890. The summed E-state index contributed by atoms with van der Waals surface area (Å²) in [6, 6.07) is 13.6. The van der Waals surface area contributed by atoms with E-state index < -0.39 is 10.0 Å². The van der Waals surface area contributed by atoms with E-state index in [4.69, 9.17) is 12.2 Å². The topological polar surface area (TPSA) is 61.4 Å². The Morgan fingerprint density at radius 1 is 1.21 bits per heavy atom. The van der Waals surface area contributed by atoms with E-state index in [9.17, 15) is 12.8 Å². The maximum Gasteiger partial charge on any atom is 0.231 e. The van der Waals surface area contributed by atoms with Crippen LogP contribution in [-0.4, -0.2) is 39.1 Å². The first-order chi connectivity index (χ1) is 13.3. The second-order valence-corrected chi connectivity index (χ2v) is 9.72. The van der Waals surface area contributed by atoms with Gasteiger partial charge in [0.1, 0.15) is 5.82 Å². The summed E-state index contributed by atoms with van der Waals surface area (Å²) < 4.78 is 37.4. The molecule has 0 unspecified atom stereocenters. The average Bonchev–Trinajstić information content (AvgIpc) is 2.65. The molecule has 152 valence electrons. The average molecular weight is 442 g/mol. The van der Waals surface area contributed by atoms with E-state index >= 15 is 0 Å². The van der Waals surface area contributed by atoms with Crippen molar-refractivity contribution in [3.05, 3.63) is 59.9 Å². The Labute approximate surface area is 175 Å². The molecule has 0 bridgehead atoms. The molecular weight excluding hydrogens is 417 g/mol. The molecular formula is C19H24FN3O2S3. The van der Waals surface area contributed by atoms with Crippen molar-refractivity contribution in [2.24, 2.45) is 0 Å². The molecule has 0 aliphatic heterocycles. The van der Waals surface area contributed by atoms with Crippen molar-refractivity contribution >= 4 is 50.5 Å². The summed E-state index contributed by atoms with van der Waals surface area (Å²) in [7, 11) is -1.80. The molecule has 0 aromatic heterocycles. The molecule has 0 saturated carbocycles. The van der Waals surface area contributed by atoms with Gasteiger partial charge < -0.3 is 10.6 Å². The fourth-order valence-corrected chi connectivity index (χ4v) is 3.93. The molecule has 9 heteroatoms. The van der Waals surface area contributed by atoms with Gasteiger partial charge in [0.25, 0.3) is 0 Å². The van der Waals surface area contributed by atoms with E-state index in [1.54, 1.807) is 42.1 Å². The molecule has 0 atom stereocenters. The highest BCUT2D eigenvalue weighted by Crippen LogP contribution is 2.20. The van der Waals surface area contributed by atoms with Crippen molar-refractivity contribution in [1.29, 1.82) is 0 Å². The van der Waals surface area contributed by atoms with Crippen LogP contribution in [0.5, 0.6) is 0 Å². The molecule has 0 saturated heterocycles. The van der Waals surface area contributed by atoms with Crippen molar-refractivity contribution in [3.8, 4) is 0 Å². The smallest absolute Gasteiger partial charge is 0.231 e. The third-order valence-electron chi connectivity index (χ3n) is 3.90. The van der Waals surface area contributed by atoms with Crippen LogP contribution in [0.15, 0.2) is 48.5 Å². The molecule has 0 aliphatic rings. The maximum absolute atomic E-state index is 12.9. The summed E-state index contributed by atoms with van der Waals surface area (Å²) in [5.74, 6) is 1.60. The van der Waals surface area contributed by atoms with E-state index in [2.05, 4.69) is 10.6 Å². The standard InChI is InChI=1S/C19H24FN3O2S3/c1-23(28(2,24)25)18-6-3-5-17(13-18)22-19(26)21-11-4-12-27-14-15-7-9-16(20)10-8-15/h3,5-10,13H,4,11-12,14H2,1-2H3,(H2,21,22,26). The lowest BCUT2D eigenvalue weighted by atomic mass is 10.2. The molecule has 0 aliphatic carbocycles. The molecule has 2 rings (SSSR count). The zero-order valence-corrected chi connectivity index (χ0v) is 18.3. The van der Waals surface area contributed by atoms with Gasteiger partial charge in [-0.05, 0) is 60.3 Å². The van der Waals surface area contributed by atoms with Crippen molar-refractivity contribution in [2.45, 2.75) is 12.2 Å². The van der Waals surface area contributed by atoms with Crippen molar-refractivity contribution in [3.63, 3.8) is 0 Å². The van der Waals surface area contributed by atoms with Crippen LogP contribution in [0.3, 0.4) is 0 Å². The zero-order chi connectivity index (χ0) is 20.6. The lowest BCUT2D eigenvalue weighted by Gasteiger charge is -2.18. The number of hydrogen-bond acceptors (Lipinski definition) is 4. The fraction of sp³-hybridized carbons (Fsp3) is 0.316. The van der Waals surface area contributed by atoms with Gasteiger partial charge in [-0.25, -0.2) is 12.8 Å². The SMILES string of the molecule is CN(c1cccc(NC(=S)NCCCSCc2ccc(F)cc2)c1)S(C)(=O)=O. The first kappa shape index (κ1) is 22.4. The summed E-state index contributed by atoms with van der Waals surface area (Å²) in [6.07, 6.45) is 2.10. The third kappa shape index (κ3) is 7.65. The molecule has 2 aromatic rings. The van der Waals surface area contributed by atoms with Crippen LogP contribution in [0.4, 0.5) is 15.8 Å². The Hall–Kier alpha value is -1.84. The van der Waals surface area contributed by atoms with Crippen molar-refractivity contribution in [2.75, 3.05) is 35.2 Å². The van der Waals surface area contributed by atoms with Crippen LogP contribution in [0.25, 0.3) is 0 Å². The van der Waals surface area contributed by atoms with Gasteiger partial charge in [0, 0.05) is 25.0 Å². The van der Waals surface area contributed by atoms with Crippen LogP contribution in [0, 0.1) is 5.82 Å². The van der Waals surface area contributed by atoms with Crippen LogP contribution < -0.4 is 14.9 Å². The second kappa shape index (κ2) is 10.6. The number of halogens is 1. The van der Waals surface area contributed by atoms with Gasteiger partial charge in [0.15, 0.2) is 5.11 Å². The minimum absolute atomic E-state index is 0.215. The number of nitrogens with zero attached hydrogens (tertiary/aromatic N) is 1. The number of benzene rings is 2. The highest BCUT2D eigenvalue weighted by atomic mass is 32.2. The van der Waals surface area contributed by atoms with Crippen LogP contribution in [0.2, 0.25) is 0 Å². The van der Waals surface area contributed by atoms with E-state index in [1.807, 2.05) is 6.07 Å². The molecule has 0 fully saturated rings. The van der Waals surface area contributed by atoms with Gasteiger partial charge in [-0.15, -0.1) is 0 Å². The Morgan fingerprint density at radius 2 is 1.93 bits per heavy atom. The summed E-state index contributed by atoms with van der Waals surface area (Å²) in [5, 5.41) is 6.70. The van der Waals surface area contributed by atoms with Gasteiger partial charge in [0.2, 0.25) is 10.0 Å². The number of sulfonamides is 1. The summed E-state index contributed by atoms with van der Waals surface area (Å²) in [4.78, 5) is 0. The molecule has 5 nitrogen and oxygen atoms in total. The molecule has 0 spiro atoms. The lowest BCUT2D eigenvalue weighted by Crippen LogP contribution is -2.29. The highest BCUT2D eigenvalue weighted by Gasteiger charge is 2.12. The molecule has 28 heavy (non-hydrogen) atoms. The molecule has 0 heterocycles. The summed E-state index contributed by atoms with van der Waals surface area (Å²) >= 11 is 7.08. The van der Waals surface area contributed by atoms with Gasteiger partial charge in [-0.2, -0.15) is 11.8 Å². The number of thioether (sulfide) groups is 1. The van der Waals surface area contributed by atoms with Crippen molar-refractivity contribution < 1.29 is 12.8 Å². The summed E-state index contributed by atoms with van der Waals surface area (Å²) in [5.41, 5.74) is 2.39. The van der Waals surface area contributed by atoms with E-state index in [1.165, 1.54) is 23.5 Å². The normalized spacial score (nSPS) is 11.1. The highest BCUT2D eigenvalue weighted by molar-refractivity contribution is 7.98. The number of nitrogens with one attached hydrogen (secondary N) is 2. The van der Waals surface area contributed by atoms with Crippen molar-refractivity contribution in [1.82, 2.24) is 5.32 Å². The first-order valence-electron chi connectivity index (χ1n) is 8.67. The number of anilines is 2. The predicted octanol–water partition coefficient (Wildman–Crippen LogP) is 3.83. The zero-order valence-electron chi connectivity index (χ0n) is 15.8. The minimum Gasteiger partial charge on any atom is -0.362 e. The third-order valence-corrected chi connectivity index (χ3v) is 6.47. The van der Waals surface area contributed by atoms with E-state index in [0.717, 1.165) is 42.0 Å². The van der Waals surface area contributed by atoms with E-state index in [-0.39, 0.29) is 5.82 Å². The monoisotopic (exact) mass is 441 g/mol. The van der Waals surface area contributed by atoms with Crippen LogP contribution in [-0.2, 0) is 15.8 Å². The Kier molecular flexibility index (Phi) is 8.53. The number of hydrogen-bond donors (Lipinski definition) is 2. The number of rotatable bonds is 9. The van der Waals surface area contributed by atoms with Gasteiger partial charge in [0.05, 0.1) is 11.9 Å². The largest absolute Gasteiger partial charge is 0.362 e. The molecule has 2 aromatic carbocycles. The van der Waals surface area contributed by atoms with Gasteiger partial charge in [-0.1, -0.05) is 18.2 Å². The summed E-state index contributed by atoms with van der Waals surface area (Å²) in [6.45, 7) is 0.727. The first-order valence-corrected chi connectivity index (χ1v) is 12.1. The van der Waals surface area contributed by atoms with Gasteiger partial charge >= 0.3 is 0 Å². The quantitative estimate of drug-likeness (QED) is 0.456. The Balaban J connectivity index is 1.69. The minimum atomic E-state index is -3.31. The molecule has 0 radical (unpaired) electrons. The number of thiocarbonyl (C=S) groups is 1. The Morgan fingerprint density at radius 3 is 2.61 bits per heavy atom. The van der Waals surface area contributed by atoms with Crippen LogP contribution in [0.1, 0.15) is 12.0 Å². The maximum atomic E-state index is 12.9. The second-order valence-electron chi connectivity index (χ2n) is 6.19. The fourth-order valence-electron chi connectivity index (χ4n) is 2.29. The molecule has 2 N–H and O–H groups in total. The lowest BCUT2D eigenvalue weighted by molar-refractivity contribution is 0.600.